The van der Waals surface area contributed by atoms with E-state index < -0.39 is 0 Å². The number of aliphatic imine (C=N–C) groups is 1. The van der Waals surface area contributed by atoms with Gasteiger partial charge in [0.15, 0.2) is 0 Å². The van der Waals surface area contributed by atoms with Crippen LogP contribution in [0.15, 0.2) is 35.5 Å². The summed E-state index contributed by atoms with van der Waals surface area (Å²) in [6.45, 7) is 11.0. The van der Waals surface area contributed by atoms with E-state index in [4.69, 9.17) is 5.73 Å². The molecule has 148 valence electrons. The SMILES string of the molecule is Cc1cc(C(N)=NC2CC2)cc(-c2ccc(C(=O)NCC(C)(C)C)cn2)c1C. The molecule has 0 saturated heterocycles. The fourth-order valence-electron chi connectivity index (χ4n) is 2.88. The summed E-state index contributed by atoms with van der Waals surface area (Å²) in [7, 11) is 0. The smallest absolute Gasteiger partial charge is 0.252 e. The van der Waals surface area contributed by atoms with Gasteiger partial charge in [-0.05, 0) is 67.5 Å². The number of rotatable bonds is 5. The number of nitrogens with one attached hydrogen (secondary N) is 1. The van der Waals surface area contributed by atoms with E-state index in [0.717, 1.165) is 40.8 Å². The molecule has 1 saturated carbocycles. The van der Waals surface area contributed by atoms with Crippen LogP contribution < -0.4 is 11.1 Å². The second kappa shape index (κ2) is 7.74. The Morgan fingerprint density at radius 3 is 2.50 bits per heavy atom. The number of benzene rings is 1. The van der Waals surface area contributed by atoms with Crippen LogP contribution in [0.2, 0.25) is 0 Å². The van der Waals surface area contributed by atoms with Crippen LogP contribution in [0.25, 0.3) is 11.3 Å². The first kappa shape index (κ1) is 20.1. The number of pyridine rings is 1. The molecular formula is C23H30N4O. The first-order valence-electron chi connectivity index (χ1n) is 9.83. The molecule has 1 aromatic carbocycles. The predicted octanol–water partition coefficient (Wildman–Crippen LogP) is 4.01. The summed E-state index contributed by atoms with van der Waals surface area (Å²) in [4.78, 5) is 21.4. The number of aromatic nitrogens is 1. The van der Waals surface area contributed by atoms with Crippen molar-refractivity contribution < 1.29 is 4.79 Å². The van der Waals surface area contributed by atoms with Crippen molar-refractivity contribution in [1.29, 1.82) is 0 Å². The average molecular weight is 379 g/mol. The van der Waals surface area contributed by atoms with E-state index >= 15 is 0 Å². The van der Waals surface area contributed by atoms with Crippen molar-refractivity contribution in [3.8, 4) is 11.3 Å². The minimum atomic E-state index is -0.101. The summed E-state index contributed by atoms with van der Waals surface area (Å²) in [5.41, 5.74) is 11.9. The van der Waals surface area contributed by atoms with Gasteiger partial charge in [-0.15, -0.1) is 0 Å². The number of nitrogens with two attached hydrogens (primary N) is 1. The Bertz CT molecular complexity index is 903. The van der Waals surface area contributed by atoms with E-state index in [1.54, 1.807) is 6.20 Å². The van der Waals surface area contributed by atoms with E-state index in [1.807, 2.05) is 18.2 Å². The topological polar surface area (TPSA) is 80.4 Å². The van der Waals surface area contributed by atoms with Crippen molar-refractivity contribution in [3.63, 3.8) is 0 Å². The molecule has 1 fully saturated rings. The molecular weight excluding hydrogens is 348 g/mol. The molecule has 5 nitrogen and oxygen atoms in total. The maximum absolute atomic E-state index is 12.3. The number of amidine groups is 1. The normalized spacial score (nSPS) is 14.8. The molecule has 1 amide bonds. The molecule has 0 spiro atoms. The van der Waals surface area contributed by atoms with Crippen LogP contribution in [0.4, 0.5) is 0 Å². The fraction of sp³-hybridized carbons (Fsp3) is 0.435. The van der Waals surface area contributed by atoms with Crippen molar-refractivity contribution in [2.75, 3.05) is 6.54 Å². The minimum absolute atomic E-state index is 0.0417. The number of carbonyl (C=O) groups excluding carboxylic acids is 1. The van der Waals surface area contributed by atoms with Gasteiger partial charge in [-0.3, -0.25) is 14.8 Å². The molecule has 0 aliphatic heterocycles. The molecule has 5 heteroatoms. The quantitative estimate of drug-likeness (QED) is 0.609. The molecule has 1 aliphatic carbocycles. The number of nitrogens with zero attached hydrogens (tertiary/aromatic N) is 2. The highest BCUT2D eigenvalue weighted by atomic mass is 16.1. The van der Waals surface area contributed by atoms with Gasteiger partial charge in [-0.1, -0.05) is 20.8 Å². The Kier molecular flexibility index (Phi) is 5.54. The summed E-state index contributed by atoms with van der Waals surface area (Å²) in [6.07, 6.45) is 3.88. The van der Waals surface area contributed by atoms with Gasteiger partial charge < -0.3 is 11.1 Å². The average Bonchev–Trinajstić information content (AvgIpc) is 3.45. The molecule has 3 rings (SSSR count). The summed E-state index contributed by atoms with van der Waals surface area (Å²) >= 11 is 0. The number of amides is 1. The van der Waals surface area contributed by atoms with Crippen molar-refractivity contribution in [1.82, 2.24) is 10.3 Å². The van der Waals surface area contributed by atoms with Crippen LogP contribution in [-0.4, -0.2) is 29.3 Å². The molecule has 0 radical (unpaired) electrons. The van der Waals surface area contributed by atoms with Crippen LogP contribution in [0.3, 0.4) is 0 Å². The fourth-order valence-corrected chi connectivity index (χ4v) is 2.88. The van der Waals surface area contributed by atoms with Crippen LogP contribution in [0.1, 0.15) is 60.7 Å². The van der Waals surface area contributed by atoms with Gasteiger partial charge in [0.05, 0.1) is 17.3 Å². The highest BCUT2D eigenvalue weighted by Gasteiger charge is 2.21. The monoisotopic (exact) mass is 378 g/mol. The molecule has 0 bridgehead atoms. The zero-order chi connectivity index (χ0) is 20.5. The number of hydrogen-bond donors (Lipinski definition) is 2. The third-order valence-corrected chi connectivity index (χ3v) is 4.91. The zero-order valence-corrected chi connectivity index (χ0v) is 17.5. The summed E-state index contributed by atoms with van der Waals surface area (Å²) in [6, 6.07) is 8.23. The van der Waals surface area contributed by atoms with Gasteiger partial charge in [0.1, 0.15) is 5.84 Å². The van der Waals surface area contributed by atoms with Crippen molar-refractivity contribution in [3.05, 3.63) is 52.7 Å². The summed E-state index contributed by atoms with van der Waals surface area (Å²) in [5, 5.41) is 2.96. The zero-order valence-electron chi connectivity index (χ0n) is 17.5. The second-order valence-electron chi connectivity index (χ2n) is 8.89. The number of carbonyl (C=O) groups is 1. The van der Waals surface area contributed by atoms with Gasteiger partial charge in [0.25, 0.3) is 5.91 Å². The summed E-state index contributed by atoms with van der Waals surface area (Å²) < 4.78 is 0. The molecule has 0 atom stereocenters. The summed E-state index contributed by atoms with van der Waals surface area (Å²) in [5.74, 6) is 0.487. The molecule has 28 heavy (non-hydrogen) atoms. The van der Waals surface area contributed by atoms with E-state index in [9.17, 15) is 4.79 Å². The van der Waals surface area contributed by atoms with E-state index in [-0.39, 0.29) is 11.3 Å². The molecule has 1 aromatic heterocycles. The lowest BCUT2D eigenvalue weighted by molar-refractivity contribution is 0.0939. The minimum Gasteiger partial charge on any atom is -0.383 e. The highest BCUT2D eigenvalue weighted by Crippen LogP contribution is 2.28. The standard InChI is InChI=1S/C23H30N4O/c1-14-10-17(21(24)27-18-7-8-18)11-19(15(14)2)20-9-6-16(12-25-20)22(28)26-13-23(3,4)5/h6,9-12,18H,7-8,13H2,1-5H3,(H2,24,27)(H,26,28). The Morgan fingerprint density at radius 1 is 1.21 bits per heavy atom. The van der Waals surface area contributed by atoms with E-state index in [1.165, 1.54) is 0 Å². The van der Waals surface area contributed by atoms with E-state index in [2.05, 4.69) is 56.0 Å². The predicted molar refractivity (Wildman–Crippen MR) is 115 cm³/mol. The van der Waals surface area contributed by atoms with Crippen molar-refractivity contribution in [2.24, 2.45) is 16.1 Å². The van der Waals surface area contributed by atoms with Crippen LogP contribution in [-0.2, 0) is 0 Å². The third-order valence-electron chi connectivity index (χ3n) is 4.91. The Hall–Kier alpha value is -2.69. The maximum Gasteiger partial charge on any atom is 0.252 e. The van der Waals surface area contributed by atoms with Gasteiger partial charge in [-0.2, -0.15) is 0 Å². The van der Waals surface area contributed by atoms with Crippen molar-refractivity contribution >= 4 is 11.7 Å². The maximum atomic E-state index is 12.3. The molecule has 0 unspecified atom stereocenters. The van der Waals surface area contributed by atoms with Gasteiger partial charge in [-0.25, -0.2) is 0 Å². The number of hydrogen-bond acceptors (Lipinski definition) is 3. The van der Waals surface area contributed by atoms with E-state index in [0.29, 0.717) is 24.0 Å². The van der Waals surface area contributed by atoms with Crippen LogP contribution >= 0.6 is 0 Å². The Balaban J connectivity index is 1.85. The lowest BCUT2D eigenvalue weighted by Crippen LogP contribution is -2.32. The molecule has 1 aliphatic rings. The van der Waals surface area contributed by atoms with Crippen LogP contribution in [0, 0.1) is 19.3 Å². The third kappa shape index (κ3) is 4.97. The largest absolute Gasteiger partial charge is 0.383 e. The molecule has 3 N–H and O–H groups in total. The van der Waals surface area contributed by atoms with Gasteiger partial charge in [0, 0.05) is 23.9 Å². The first-order chi connectivity index (χ1) is 13.1. The Morgan fingerprint density at radius 2 is 1.93 bits per heavy atom. The highest BCUT2D eigenvalue weighted by molar-refractivity contribution is 5.99. The van der Waals surface area contributed by atoms with Gasteiger partial charge in [0.2, 0.25) is 0 Å². The first-order valence-corrected chi connectivity index (χ1v) is 9.83. The van der Waals surface area contributed by atoms with Crippen LogP contribution in [0.5, 0.6) is 0 Å². The second-order valence-corrected chi connectivity index (χ2v) is 8.89. The van der Waals surface area contributed by atoms with Gasteiger partial charge >= 0.3 is 0 Å². The Labute approximate surface area is 167 Å². The van der Waals surface area contributed by atoms with Crippen molar-refractivity contribution in [2.45, 2.75) is 53.5 Å². The molecule has 2 aromatic rings. The lowest BCUT2D eigenvalue weighted by Gasteiger charge is -2.18. The number of aryl methyl sites for hydroxylation is 1. The molecule has 1 heterocycles. The lowest BCUT2D eigenvalue weighted by atomic mass is 9.96.